The van der Waals surface area contributed by atoms with Gasteiger partial charge in [0.1, 0.15) is 0 Å². The summed E-state index contributed by atoms with van der Waals surface area (Å²) in [5.41, 5.74) is 0. The Morgan fingerprint density at radius 3 is 2.22 bits per heavy atom. The smallest absolute Gasteiger partial charge is 0.0350 e. The van der Waals surface area contributed by atoms with Crippen molar-refractivity contribution in [2.24, 2.45) is 0 Å². The molecule has 0 spiro atoms. The number of unbranched alkanes of at least 4 members (excludes halogenated alkanes) is 1. The molecule has 0 aliphatic carbocycles. The summed E-state index contributed by atoms with van der Waals surface area (Å²) in [6.07, 6.45) is 8.29. The fraction of sp³-hybridized carbons (Fsp3) is 0.333. The van der Waals surface area contributed by atoms with Crippen LogP contribution in [0.25, 0.3) is 0 Å². The van der Waals surface area contributed by atoms with E-state index in [1.54, 1.807) is 6.08 Å². The lowest BCUT2D eigenvalue weighted by Crippen LogP contribution is -1.56. The van der Waals surface area contributed by atoms with Crippen LogP contribution in [0.1, 0.15) is 19.8 Å². The van der Waals surface area contributed by atoms with E-state index in [9.17, 15) is 0 Å². The molecule has 0 heterocycles. The van der Waals surface area contributed by atoms with E-state index in [-0.39, 0.29) is 0 Å². The molecule has 0 aliphatic heterocycles. The molecule has 0 saturated carbocycles. The third-order valence-electron chi connectivity index (χ3n) is 0.728. The van der Waals surface area contributed by atoms with Crippen molar-refractivity contribution in [3.8, 4) is 0 Å². The average molecular weight is 124 g/mol. The quantitative estimate of drug-likeness (QED) is 0.400. The van der Waals surface area contributed by atoms with Gasteiger partial charge in [-0.25, -0.2) is 0 Å². The zero-order chi connectivity index (χ0) is 7.54. The normalized spacial score (nSPS) is 8.11. The lowest BCUT2D eigenvalue weighted by Gasteiger charge is -1.77. The SMILES string of the molecule is C=C.C=C/C=C\CCC. The van der Waals surface area contributed by atoms with Gasteiger partial charge in [0.15, 0.2) is 0 Å². The fourth-order valence-electron chi connectivity index (χ4n) is 0.359. The maximum absolute atomic E-state index is 3.55. The number of rotatable bonds is 3. The minimum atomic E-state index is 1.17. The van der Waals surface area contributed by atoms with E-state index >= 15 is 0 Å². The summed E-state index contributed by atoms with van der Waals surface area (Å²) in [7, 11) is 0. The molecule has 0 saturated heterocycles. The van der Waals surface area contributed by atoms with Crippen molar-refractivity contribution in [3.05, 3.63) is 38.0 Å². The van der Waals surface area contributed by atoms with E-state index in [1.165, 1.54) is 12.8 Å². The summed E-state index contributed by atoms with van der Waals surface area (Å²) in [6.45, 7) is 11.7. The first-order valence-electron chi connectivity index (χ1n) is 3.19. The third kappa shape index (κ3) is 19.0. The molecular formula is C9H16. The predicted molar refractivity (Wildman–Crippen MR) is 45.5 cm³/mol. The van der Waals surface area contributed by atoms with Crippen LogP contribution in [-0.4, -0.2) is 0 Å². The molecule has 9 heavy (non-hydrogen) atoms. The monoisotopic (exact) mass is 124 g/mol. The van der Waals surface area contributed by atoms with Crippen LogP contribution in [0, 0.1) is 0 Å². The van der Waals surface area contributed by atoms with Crippen LogP contribution in [0.5, 0.6) is 0 Å². The average Bonchev–Trinajstić information content (AvgIpc) is 1.94. The standard InChI is InChI=1S/C7H12.C2H4/c1-3-5-7-6-4-2;1-2/h3,5,7H,1,4,6H2,2H3;1-2H2/b7-5-;. The third-order valence-corrected chi connectivity index (χ3v) is 0.728. The van der Waals surface area contributed by atoms with Crippen LogP contribution in [-0.2, 0) is 0 Å². The topological polar surface area (TPSA) is 0 Å². The van der Waals surface area contributed by atoms with Crippen LogP contribution >= 0.6 is 0 Å². The van der Waals surface area contributed by atoms with Crippen molar-refractivity contribution in [2.75, 3.05) is 0 Å². The minimum Gasteiger partial charge on any atom is -0.106 e. The van der Waals surface area contributed by atoms with Gasteiger partial charge in [-0.1, -0.05) is 38.2 Å². The molecule has 0 bridgehead atoms. The van der Waals surface area contributed by atoms with Crippen molar-refractivity contribution in [1.82, 2.24) is 0 Å². The van der Waals surface area contributed by atoms with Gasteiger partial charge in [0, 0.05) is 0 Å². The predicted octanol–water partition coefficient (Wildman–Crippen LogP) is 3.33. The van der Waals surface area contributed by atoms with E-state index < -0.39 is 0 Å². The zero-order valence-corrected chi connectivity index (χ0v) is 6.27. The van der Waals surface area contributed by atoms with Crippen molar-refractivity contribution >= 4 is 0 Å². The van der Waals surface area contributed by atoms with Crippen LogP contribution in [0.3, 0.4) is 0 Å². The first kappa shape index (κ1) is 11.1. The molecule has 0 unspecified atom stereocenters. The summed E-state index contributed by atoms with van der Waals surface area (Å²) in [4.78, 5) is 0. The highest BCUT2D eigenvalue weighted by molar-refractivity contribution is 4.96. The summed E-state index contributed by atoms with van der Waals surface area (Å²) in [6, 6.07) is 0. The molecule has 0 fully saturated rings. The molecule has 0 heteroatoms. The second-order valence-electron chi connectivity index (χ2n) is 1.45. The molecule has 0 amide bonds. The lowest BCUT2D eigenvalue weighted by atomic mass is 10.3. The summed E-state index contributed by atoms with van der Waals surface area (Å²) in [5.74, 6) is 0. The Kier molecular flexibility index (Phi) is 19.3. The molecule has 0 aromatic rings. The maximum Gasteiger partial charge on any atom is -0.0350 e. The highest BCUT2D eigenvalue weighted by Gasteiger charge is 1.66. The Hall–Kier alpha value is -0.780. The summed E-state index contributed by atoms with van der Waals surface area (Å²) < 4.78 is 0. The van der Waals surface area contributed by atoms with Gasteiger partial charge in [-0.15, -0.1) is 13.2 Å². The van der Waals surface area contributed by atoms with Gasteiger partial charge >= 0.3 is 0 Å². The van der Waals surface area contributed by atoms with Crippen LogP contribution in [0.15, 0.2) is 38.0 Å². The van der Waals surface area contributed by atoms with Gasteiger partial charge in [-0.2, -0.15) is 0 Å². The molecule has 0 aromatic carbocycles. The van der Waals surface area contributed by atoms with E-state index in [0.717, 1.165) is 0 Å². The van der Waals surface area contributed by atoms with Gasteiger partial charge in [0.25, 0.3) is 0 Å². The molecule has 0 nitrogen and oxygen atoms in total. The summed E-state index contributed by atoms with van der Waals surface area (Å²) in [5, 5.41) is 0. The molecule has 0 radical (unpaired) electrons. The van der Waals surface area contributed by atoms with E-state index in [2.05, 4.69) is 32.7 Å². The van der Waals surface area contributed by atoms with E-state index in [0.29, 0.717) is 0 Å². The van der Waals surface area contributed by atoms with Crippen LogP contribution in [0.4, 0.5) is 0 Å². The second kappa shape index (κ2) is 15.7. The van der Waals surface area contributed by atoms with Gasteiger partial charge in [-0.3, -0.25) is 0 Å². The number of allylic oxidation sites excluding steroid dienone is 3. The Labute approximate surface area is 58.6 Å². The molecule has 0 N–H and O–H groups in total. The second-order valence-corrected chi connectivity index (χ2v) is 1.45. The number of hydrogen-bond donors (Lipinski definition) is 0. The molecule has 52 valence electrons. The zero-order valence-electron chi connectivity index (χ0n) is 6.27. The molecular weight excluding hydrogens is 108 g/mol. The fourth-order valence-corrected chi connectivity index (χ4v) is 0.359. The van der Waals surface area contributed by atoms with Crippen molar-refractivity contribution in [3.63, 3.8) is 0 Å². The molecule has 0 aromatic heterocycles. The van der Waals surface area contributed by atoms with Gasteiger partial charge in [-0.05, 0) is 6.42 Å². The highest BCUT2D eigenvalue weighted by atomic mass is 13.7. The van der Waals surface area contributed by atoms with Crippen molar-refractivity contribution in [1.29, 1.82) is 0 Å². The van der Waals surface area contributed by atoms with Gasteiger partial charge < -0.3 is 0 Å². The largest absolute Gasteiger partial charge is 0.106 e. The lowest BCUT2D eigenvalue weighted by molar-refractivity contribution is 0.959. The van der Waals surface area contributed by atoms with Crippen molar-refractivity contribution in [2.45, 2.75) is 19.8 Å². The molecule has 0 rings (SSSR count). The van der Waals surface area contributed by atoms with Crippen LogP contribution < -0.4 is 0 Å². The van der Waals surface area contributed by atoms with E-state index in [1.807, 2.05) is 6.08 Å². The molecule has 0 atom stereocenters. The van der Waals surface area contributed by atoms with Gasteiger partial charge in [0.05, 0.1) is 0 Å². The maximum atomic E-state index is 3.55. The van der Waals surface area contributed by atoms with Gasteiger partial charge in [0.2, 0.25) is 0 Å². The first-order chi connectivity index (χ1) is 4.41. The Bertz CT molecular complexity index is 70.1. The number of hydrogen-bond acceptors (Lipinski definition) is 0. The Morgan fingerprint density at radius 1 is 1.33 bits per heavy atom. The summed E-state index contributed by atoms with van der Waals surface area (Å²) >= 11 is 0. The first-order valence-corrected chi connectivity index (χ1v) is 3.19. The minimum absolute atomic E-state index is 1.17. The van der Waals surface area contributed by atoms with Crippen molar-refractivity contribution < 1.29 is 0 Å². The highest BCUT2D eigenvalue weighted by Crippen LogP contribution is 1.86. The van der Waals surface area contributed by atoms with E-state index in [4.69, 9.17) is 0 Å². The molecule has 0 aliphatic rings. The Balaban J connectivity index is 0. The Morgan fingerprint density at radius 2 is 1.89 bits per heavy atom. The van der Waals surface area contributed by atoms with Crippen LogP contribution in [0.2, 0.25) is 0 Å².